The maximum Gasteiger partial charge on any atom is 0.237 e. The summed E-state index contributed by atoms with van der Waals surface area (Å²) < 4.78 is 1.03. The molecule has 1 unspecified atom stereocenters. The Labute approximate surface area is 111 Å². The van der Waals surface area contributed by atoms with E-state index in [2.05, 4.69) is 21.2 Å². The fourth-order valence-electron chi connectivity index (χ4n) is 1.45. The summed E-state index contributed by atoms with van der Waals surface area (Å²) in [6, 6.07) is 7.40. The highest BCUT2D eigenvalue weighted by molar-refractivity contribution is 9.10. The van der Waals surface area contributed by atoms with Crippen molar-refractivity contribution < 1.29 is 4.79 Å². The number of rotatable bonds is 4. The molecular formula is C13H19BrN2O. The summed E-state index contributed by atoms with van der Waals surface area (Å²) >= 11 is 3.38. The standard InChI is InChI=1S/C13H19BrN2O/c1-8(2)12(15)13(17)16-9(3)10-4-6-11(14)7-5-10/h4-9,12H,15H2,1-3H3,(H,16,17)/t9?,12-/m0/s1. The zero-order valence-electron chi connectivity index (χ0n) is 10.4. The van der Waals surface area contributed by atoms with E-state index in [1.807, 2.05) is 45.0 Å². The summed E-state index contributed by atoms with van der Waals surface area (Å²) in [6.45, 7) is 5.83. The summed E-state index contributed by atoms with van der Waals surface area (Å²) in [5.41, 5.74) is 6.86. The molecule has 0 saturated carbocycles. The molecule has 1 aromatic rings. The van der Waals surface area contributed by atoms with Crippen LogP contribution in [0, 0.1) is 5.92 Å². The van der Waals surface area contributed by atoms with E-state index in [-0.39, 0.29) is 17.9 Å². The van der Waals surface area contributed by atoms with Crippen molar-refractivity contribution in [2.45, 2.75) is 32.9 Å². The molecule has 0 aliphatic rings. The molecule has 3 nitrogen and oxygen atoms in total. The van der Waals surface area contributed by atoms with E-state index >= 15 is 0 Å². The molecule has 0 saturated heterocycles. The number of amides is 1. The number of benzene rings is 1. The second-order valence-electron chi connectivity index (χ2n) is 4.55. The molecule has 0 heterocycles. The third kappa shape index (κ3) is 4.13. The number of hydrogen-bond donors (Lipinski definition) is 2. The summed E-state index contributed by atoms with van der Waals surface area (Å²) in [5.74, 6) is 0.0440. The van der Waals surface area contributed by atoms with Crippen molar-refractivity contribution in [2.75, 3.05) is 0 Å². The van der Waals surface area contributed by atoms with Crippen LogP contribution >= 0.6 is 15.9 Å². The summed E-state index contributed by atoms with van der Waals surface area (Å²) in [4.78, 5) is 11.8. The van der Waals surface area contributed by atoms with Crippen LogP contribution in [0.4, 0.5) is 0 Å². The van der Waals surface area contributed by atoms with Gasteiger partial charge in [-0.1, -0.05) is 41.9 Å². The Morgan fingerprint density at radius 3 is 2.24 bits per heavy atom. The lowest BCUT2D eigenvalue weighted by atomic mass is 10.0. The van der Waals surface area contributed by atoms with Gasteiger partial charge in [0.1, 0.15) is 0 Å². The number of carbonyl (C=O) groups is 1. The number of halogens is 1. The van der Waals surface area contributed by atoms with Crippen LogP contribution in [0.15, 0.2) is 28.7 Å². The van der Waals surface area contributed by atoms with Crippen molar-refractivity contribution >= 4 is 21.8 Å². The van der Waals surface area contributed by atoms with Gasteiger partial charge < -0.3 is 11.1 Å². The molecular weight excluding hydrogens is 280 g/mol. The lowest BCUT2D eigenvalue weighted by molar-refractivity contribution is -0.123. The van der Waals surface area contributed by atoms with E-state index < -0.39 is 6.04 Å². The molecule has 17 heavy (non-hydrogen) atoms. The van der Waals surface area contributed by atoms with Crippen LogP contribution < -0.4 is 11.1 Å². The van der Waals surface area contributed by atoms with Gasteiger partial charge in [0, 0.05) is 4.47 Å². The zero-order valence-corrected chi connectivity index (χ0v) is 12.0. The fourth-order valence-corrected chi connectivity index (χ4v) is 1.71. The van der Waals surface area contributed by atoms with Gasteiger partial charge in [-0.3, -0.25) is 4.79 Å². The van der Waals surface area contributed by atoms with Crippen molar-refractivity contribution in [1.82, 2.24) is 5.32 Å². The van der Waals surface area contributed by atoms with E-state index in [1.165, 1.54) is 0 Å². The SMILES string of the molecule is CC(NC(=O)[C@@H](N)C(C)C)c1ccc(Br)cc1. The minimum absolute atomic E-state index is 0.0274. The Hall–Kier alpha value is -0.870. The minimum Gasteiger partial charge on any atom is -0.348 e. The zero-order chi connectivity index (χ0) is 13.0. The van der Waals surface area contributed by atoms with Gasteiger partial charge in [-0.05, 0) is 30.5 Å². The van der Waals surface area contributed by atoms with E-state index in [0.717, 1.165) is 10.0 Å². The number of carbonyl (C=O) groups excluding carboxylic acids is 1. The van der Waals surface area contributed by atoms with E-state index in [0.29, 0.717) is 0 Å². The normalized spacial score (nSPS) is 14.5. The molecule has 0 fully saturated rings. The molecule has 0 bridgehead atoms. The molecule has 1 amide bonds. The van der Waals surface area contributed by atoms with E-state index in [4.69, 9.17) is 5.73 Å². The predicted molar refractivity (Wildman–Crippen MR) is 73.5 cm³/mol. The molecule has 0 aliphatic carbocycles. The van der Waals surface area contributed by atoms with Crippen molar-refractivity contribution in [3.05, 3.63) is 34.3 Å². The van der Waals surface area contributed by atoms with Crippen LogP contribution in [0.2, 0.25) is 0 Å². The van der Waals surface area contributed by atoms with Gasteiger partial charge in [0.25, 0.3) is 0 Å². The molecule has 0 radical (unpaired) electrons. The first-order valence-corrected chi connectivity index (χ1v) is 6.52. The maximum absolute atomic E-state index is 11.8. The van der Waals surface area contributed by atoms with Gasteiger partial charge >= 0.3 is 0 Å². The summed E-state index contributed by atoms with van der Waals surface area (Å²) in [7, 11) is 0. The van der Waals surface area contributed by atoms with Crippen LogP contribution in [0.5, 0.6) is 0 Å². The van der Waals surface area contributed by atoms with Crippen molar-refractivity contribution in [3.63, 3.8) is 0 Å². The summed E-state index contributed by atoms with van der Waals surface area (Å²) in [6.07, 6.45) is 0. The lowest BCUT2D eigenvalue weighted by Gasteiger charge is -2.20. The lowest BCUT2D eigenvalue weighted by Crippen LogP contribution is -2.44. The molecule has 4 heteroatoms. The van der Waals surface area contributed by atoms with Crippen LogP contribution in [0.25, 0.3) is 0 Å². The van der Waals surface area contributed by atoms with E-state index in [1.54, 1.807) is 0 Å². The predicted octanol–water partition coefficient (Wildman–Crippen LogP) is 2.61. The molecule has 0 spiro atoms. The van der Waals surface area contributed by atoms with Gasteiger partial charge in [0.05, 0.1) is 12.1 Å². The summed E-state index contributed by atoms with van der Waals surface area (Å²) in [5, 5.41) is 2.92. The Morgan fingerprint density at radius 1 is 1.24 bits per heavy atom. The fraction of sp³-hybridized carbons (Fsp3) is 0.462. The van der Waals surface area contributed by atoms with E-state index in [9.17, 15) is 4.79 Å². The van der Waals surface area contributed by atoms with Gasteiger partial charge in [-0.15, -0.1) is 0 Å². The highest BCUT2D eigenvalue weighted by Gasteiger charge is 2.19. The van der Waals surface area contributed by atoms with Gasteiger partial charge in [-0.25, -0.2) is 0 Å². The first-order valence-electron chi connectivity index (χ1n) is 5.73. The van der Waals surface area contributed by atoms with Crippen molar-refractivity contribution in [3.8, 4) is 0 Å². The molecule has 1 aromatic carbocycles. The molecule has 2 atom stereocenters. The van der Waals surface area contributed by atoms with Gasteiger partial charge in [-0.2, -0.15) is 0 Å². The molecule has 3 N–H and O–H groups in total. The van der Waals surface area contributed by atoms with Gasteiger partial charge in [0.15, 0.2) is 0 Å². The Balaban J connectivity index is 2.63. The minimum atomic E-state index is -0.451. The van der Waals surface area contributed by atoms with Crippen molar-refractivity contribution in [1.29, 1.82) is 0 Å². The average Bonchev–Trinajstić information content (AvgIpc) is 2.28. The Morgan fingerprint density at radius 2 is 1.76 bits per heavy atom. The number of nitrogens with two attached hydrogens (primary N) is 1. The highest BCUT2D eigenvalue weighted by atomic mass is 79.9. The highest BCUT2D eigenvalue weighted by Crippen LogP contribution is 2.16. The number of hydrogen-bond acceptors (Lipinski definition) is 2. The second-order valence-corrected chi connectivity index (χ2v) is 5.47. The maximum atomic E-state index is 11.8. The molecule has 94 valence electrons. The quantitative estimate of drug-likeness (QED) is 0.898. The first kappa shape index (κ1) is 14.2. The van der Waals surface area contributed by atoms with Crippen LogP contribution in [0.3, 0.4) is 0 Å². The van der Waals surface area contributed by atoms with Crippen LogP contribution in [-0.4, -0.2) is 11.9 Å². The third-order valence-corrected chi connectivity index (χ3v) is 3.28. The second kappa shape index (κ2) is 6.17. The Kier molecular flexibility index (Phi) is 5.15. The monoisotopic (exact) mass is 298 g/mol. The third-order valence-electron chi connectivity index (χ3n) is 2.75. The molecule has 0 aromatic heterocycles. The van der Waals surface area contributed by atoms with Gasteiger partial charge in [0.2, 0.25) is 5.91 Å². The van der Waals surface area contributed by atoms with Crippen molar-refractivity contribution in [2.24, 2.45) is 11.7 Å². The smallest absolute Gasteiger partial charge is 0.237 e. The largest absolute Gasteiger partial charge is 0.348 e. The Bertz CT molecular complexity index is 376. The number of nitrogens with one attached hydrogen (secondary N) is 1. The van der Waals surface area contributed by atoms with Crippen LogP contribution in [-0.2, 0) is 4.79 Å². The molecule has 1 rings (SSSR count). The topological polar surface area (TPSA) is 55.1 Å². The molecule has 0 aliphatic heterocycles. The average molecular weight is 299 g/mol. The van der Waals surface area contributed by atoms with Crippen LogP contribution in [0.1, 0.15) is 32.4 Å². The first-order chi connectivity index (χ1) is 7.91.